The Bertz CT molecular complexity index is 440. The van der Waals surface area contributed by atoms with Crippen molar-refractivity contribution in [2.24, 2.45) is 27.2 Å². The van der Waals surface area contributed by atoms with Gasteiger partial charge in [0.2, 0.25) is 5.96 Å². The van der Waals surface area contributed by atoms with Crippen molar-refractivity contribution in [1.29, 1.82) is 0 Å². The summed E-state index contributed by atoms with van der Waals surface area (Å²) in [7, 11) is 1.39. The topological polar surface area (TPSA) is 112 Å². The van der Waals surface area contributed by atoms with Gasteiger partial charge in [-0.1, -0.05) is 0 Å². The Morgan fingerprint density at radius 2 is 2.00 bits per heavy atom. The number of aliphatic imine (C=N–C) groups is 2. The first-order valence-corrected chi connectivity index (χ1v) is 4.30. The van der Waals surface area contributed by atoms with Crippen molar-refractivity contribution in [3.8, 4) is 5.75 Å². The van der Waals surface area contributed by atoms with Crippen LogP contribution < -0.4 is 21.9 Å². The normalized spacial score (nSPS) is 11.0. The van der Waals surface area contributed by atoms with Crippen molar-refractivity contribution in [3.63, 3.8) is 0 Å². The first-order chi connectivity index (χ1) is 7.52. The third-order valence-electron chi connectivity index (χ3n) is 1.62. The summed E-state index contributed by atoms with van der Waals surface area (Å²) >= 11 is 0. The van der Waals surface area contributed by atoms with E-state index in [4.69, 9.17) is 21.9 Å². The fourth-order valence-electron chi connectivity index (χ4n) is 1.02. The standard InChI is InChI=1S/C9H12FN5O/c1-16-7-4-5(10)2-3-6(7)14-9(13)15-8(11)12/h2-4H,1H3,(H6,11,12,13,14,15). The lowest BCUT2D eigenvalue weighted by Crippen LogP contribution is -2.26. The summed E-state index contributed by atoms with van der Waals surface area (Å²) in [5, 5.41) is 0. The second-order valence-corrected chi connectivity index (χ2v) is 2.82. The summed E-state index contributed by atoms with van der Waals surface area (Å²) in [4.78, 5) is 7.39. The third-order valence-corrected chi connectivity index (χ3v) is 1.62. The van der Waals surface area contributed by atoms with Crippen LogP contribution in [-0.2, 0) is 0 Å². The summed E-state index contributed by atoms with van der Waals surface area (Å²) in [5.41, 5.74) is 16.0. The number of nitrogens with two attached hydrogens (primary N) is 3. The minimum absolute atomic E-state index is 0.134. The van der Waals surface area contributed by atoms with Crippen LogP contribution in [0.2, 0.25) is 0 Å². The summed E-state index contributed by atoms with van der Waals surface area (Å²) in [6.07, 6.45) is 0. The largest absolute Gasteiger partial charge is 0.494 e. The van der Waals surface area contributed by atoms with E-state index in [1.807, 2.05) is 0 Å². The van der Waals surface area contributed by atoms with Gasteiger partial charge in [0.25, 0.3) is 0 Å². The molecule has 0 heterocycles. The van der Waals surface area contributed by atoms with Gasteiger partial charge < -0.3 is 21.9 Å². The van der Waals surface area contributed by atoms with Gasteiger partial charge in [-0.2, -0.15) is 4.99 Å². The summed E-state index contributed by atoms with van der Waals surface area (Å²) < 4.78 is 17.8. The Labute approximate surface area is 91.6 Å². The molecule has 0 radical (unpaired) electrons. The van der Waals surface area contributed by atoms with Crippen LogP contribution in [-0.4, -0.2) is 19.0 Å². The molecule has 86 valence electrons. The van der Waals surface area contributed by atoms with Gasteiger partial charge in [0, 0.05) is 6.07 Å². The van der Waals surface area contributed by atoms with Crippen LogP contribution in [0.4, 0.5) is 10.1 Å². The van der Waals surface area contributed by atoms with Gasteiger partial charge in [-0.15, -0.1) is 0 Å². The number of methoxy groups -OCH3 is 1. The maximum Gasteiger partial charge on any atom is 0.223 e. The SMILES string of the molecule is COc1cc(F)ccc1N=C(N)N=C(N)N. The smallest absolute Gasteiger partial charge is 0.223 e. The van der Waals surface area contributed by atoms with Gasteiger partial charge in [0.05, 0.1) is 7.11 Å². The molecule has 0 aromatic heterocycles. The van der Waals surface area contributed by atoms with Crippen molar-refractivity contribution < 1.29 is 9.13 Å². The van der Waals surface area contributed by atoms with Crippen molar-refractivity contribution in [2.75, 3.05) is 7.11 Å². The van der Waals surface area contributed by atoms with Crippen LogP contribution in [0.15, 0.2) is 28.2 Å². The monoisotopic (exact) mass is 225 g/mol. The van der Waals surface area contributed by atoms with Crippen LogP contribution in [0.3, 0.4) is 0 Å². The number of ether oxygens (including phenoxy) is 1. The molecule has 0 aliphatic rings. The maximum absolute atomic E-state index is 12.9. The van der Waals surface area contributed by atoms with Crippen LogP contribution >= 0.6 is 0 Å². The van der Waals surface area contributed by atoms with E-state index in [0.717, 1.165) is 0 Å². The quantitative estimate of drug-likeness (QED) is 0.487. The van der Waals surface area contributed by atoms with Gasteiger partial charge in [-0.05, 0) is 12.1 Å². The van der Waals surface area contributed by atoms with Gasteiger partial charge in [-0.25, -0.2) is 9.38 Å². The summed E-state index contributed by atoms with van der Waals surface area (Å²) in [5.74, 6) is -0.530. The first-order valence-electron chi connectivity index (χ1n) is 4.30. The molecule has 7 heteroatoms. The highest BCUT2D eigenvalue weighted by atomic mass is 19.1. The molecule has 0 atom stereocenters. The van der Waals surface area contributed by atoms with Gasteiger partial charge in [0.15, 0.2) is 5.96 Å². The Balaban J connectivity index is 3.09. The lowest BCUT2D eigenvalue weighted by atomic mass is 10.3. The van der Waals surface area contributed by atoms with Gasteiger partial charge in [-0.3, -0.25) is 0 Å². The number of hydrogen-bond donors (Lipinski definition) is 3. The lowest BCUT2D eigenvalue weighted by Gasteiger charge is -2.04. The predicted octanol–water partition coefficient (Wildman–Crippen LogP) is 0.0539. The molecule has 6 nitrogen and oxygen atoms in total. The van der Waals surface area contributed by atoms with E-state index < -0.39 is 5.82 Å². The fourth-order valence-corrected chi connectivity index (χ4v) is 1.02. The van der Waals surface area contributed by atoms with Crippen molar-refractivity contribution >= 4 is 17.6 Å². The second-order valence-electron chi connectivity index (χ2n) is 2.82. The molecular weight excluding hydrogens is 213 g/mol. The number of guanidine groups is 2. The molecule has 0 aliphatic carbocycles. The molecule has 0 amide bonds. The Hall–Kier alpha value is -2.31. The van der Waals surface area contributed by atoms with Crippen LogP contribution in [0.1, 0.15) is 0 Å². The van der Waals surface area contributed by atoms with Crippen LogP contribution in [0, 0.1) is 5.82 Å². The molecule has 0 saturated carbocycles. The average Bonchev–Trinajstić information content (AvgIpc) is 2.19. The minimum atomic E-state index is -0.434. The summed E-state index contributed by atoms with van der Waals surface area (Å²) in [6.45, 7) is 0. The van der Waals surface area contributed by atoms with Crippen LogP contribution in [0.5, 0.6) is 5.75 Å². The van der Waals surface area contributed by atoms with Gasteiger partial charge >= 0.3 is 0 Å². The molecular formula is C9H12FN5O. The number of benzene rings is 1. The number of rotatable bonds is 2. The molecule has 0 aliphatic heterocycles. The fraction of sp³-hybridized carbons (Fsp3) is 0.111. The van der Waals surface area contributed by atoms with E-state index in [1.165, 1.54) is 25.3 Å². The Kier molecular flexibility index (Phi) is 3.65. The van der Waals surface area contributed by atoms with E-state index in [0.29, 0.717) is 5.69 Å². The molecule has 1 aromatic rings. The van der Waals surface area contributed by atoms with Crippen molar-refractivity contribution in [1.82, 2.24) is 0 Å². The van der Waals surface area contributed by atoms with E-state index in [-0.39, 0.29) is 17.7 Å². The lowest BCUT2D eigenvalue weighted by molar-refractivity contribution is 0.412. The van der Waals surface area contributed by atoms with Crippen molar-refractivity contribution in [3.05, 3.63) is 24.0 Å². The molecule has 0 spiro atoms. The van der Waals surface area contributed by atoms with Gasteiger partial charge in [0.1, 0.15) is 17.3 Å². The molecule has 1 aromatic carbocycles. The third kappa shape index (κ3) is 3.12. The Morgan fingerprint density at radius 1 is 1.31 bits per heavy atom. The molecule has 16 heavy (non-hydrogen) atoms. The average molecular weight is 225 g/mol. The van der Waals surface area contributed by atoms with Crippen molar-refractivity contribution in [2.45, 2.75) is 0 Å². The summed E-state index contributed by atoms with van der Waals surface area (Å²) in [6, 6.07) is 3.81. The second kappa shape index (κ2) is 4.96. The zero-order chi connectivity index (χ0) is 12.1. The molecule has 0 bridgehead atoms. The van der Waals surface area contributed by atoms with E-state index in [9.17, 15) is 4.39 Å². The van der Waals surface area contributed by atoms with E-state index in [2.05, 4.69) is 9.98 Å². The number of nitrogens with zero attached hydrogens (tertiary/aromatic N) is 2. The Morgan fingerprint density at radius 3 is 2.56 bits per heavy atom. The molecule has 0 saturated heterocycles. The first kappa shape index (κ1) is 11.8. The highest BCUT2D eigenvalue weighted by Crippen LogP contribution is 2.27. The minimum Gasteiger partial charge on any atom is -0.494 e. The predicted molar refractivity (Wildman–Crippen MR) is 60.0 cm³/mol. The molecule has 1 rings (SSSR count). The zero-order valence-corrected chi connectivity index (χ0v) is 8.64. The van der Waals surface area contributed by atoms with Crippen LogP contribution in [0.25, 0.3) is 0 Å². The van der Waals surface area contributed by atoms with E-state index in [1.54, 1.807) is 0 Å². The molecule has 0 fully saturated rings. The highest BCUT2D eigenvalue weighted by molar-refractivity contribution is 5.93. The van der Waals surface area contributed by atoms with E-state index >= 15 is 0 Å². The highest BCUT2D eigenvalue weighted by Gasteiger charge is 2.03. The maximum atomic E-state index is 12.9. The molecule has 0 unspecified atom stereocenters. The molecule has 6 N–H and O–H groups in total. The number of hydrogen-bond acceptors (Lipinski definition) is 2. The zero-order valence-electron chi connectivity index (χ0n) is 8.64. The number of halogens is 1.